The number of nitrogens with zero attached hydrogens (tertiary/aromatic N) is 3. The maximum Gasteiger partial charge on any atom is 0.140 e. The fraction of sp³-hybridized carbons (Fsp3) is 0.263. The van der Waals surface area contributed by atoms with Crippen LogP contribution in [0.15, 0.2) is 48.8 Å². The SMILES string of the molecule is Cc1cccc2ncnc(N3C[C@@H](O)C[C@H]3c3cccc(F)c3)c12. The molecular formula is C19H18FN3O. The van der Waals surface area contributed by atoms with Crippen molar-refractivity contribution in [2.75, 3.05) is 11.4 Å². The Kier molecular flexibility index (Phi) is 3.65. The first-order valence-corrected chi connectivity index (χ1v) is 8.04. The minimum Gasteiger partial charge on any atom is -0.391 e. The van der Waals surface area contributed by atoms with E-state index in [1.165, 1.54) is 12.1 Å². The molecule has 5 heteroatoms. The third-order valence-electron chi connectivity index (χ3n) is 4.64. The monoisotopic (exact) mass is 323 g/mol. The Bertz CT molecular complexity index is 893. The van der Waals surface area contributed by atoms with Crippen molar-refractivity contribution in [2.45, 2.75) is 25.5 Å². The van der Waals surface area contributed by atoms with Gasteiger partial charge in [-0.25, -0.2) is 14.4 Å². The molecule has 0 radical (unpaired) electrons. The van der Waals surface area contributed by atoms with Gasteiger partial charge >= 0.3 is 0 Å². The first kappa shape index (κ1) is 15.0. The van der Waals surface area contributed by atoms with Crippen molar-refractivity contribution in [1.29, 1.82) is 0 Å². The van der Waals surface area contributed by atoms with Crippen LogP contribution in [0.3, 0.4) is 0 Å². The van der Waals surface area contributed by atoms with Gasteiger partial charge in [-0.05, 0) is 42.7 Å². The molecule has 0 aliphatic carbocycles. The second-order valence-corrected chi connectivity index (χ2v) is 6.28. The molecule has 0 bridgehead atoms. The molecule has 2 heterocycles. The number of hydrogen-bond donors (Lipinski definition) is 1. The van der Waals surface area contributed by atoms with Gasteiger partial charge in [0, 0.05) is 11.9 Å². The van der Waals surface area contributed by atoms with Gasteiger partial charge in [0.15, 0.2) is 0 Å². The third-order valence-corrected chi connectivity index (χ3v) is 4.64. The van der Waals surface area contributed by atoms with E-state index in [2.05, 4.69) is 14.9 Å². The normalized spacial score (nSPS) is 20.7. The Labute approximate surface area is 139 Å². The highest BCUT2D eigenvalue weighted by molar-refractivity contribution is 5.92. The maximum atomic E-state index is 13.7. The van der Waals surface area contributed by atoms with Crippen molar-refractivity contribution in [1.82, 2.24) is 9.97 Å². The third kappa shape index (κ3) is 2.51. The van der Waals surface area contributed by atoms with Crippen molar-refractivity contribution < 1.29 is 9.50 Å². The summed E-state index contributed by atoms with van der Waals surface area (Å²) in [4.78, 5) is 10.9. The molecule has 24 heavy (non-hydrogen) atoms. The zero-order chi connectivity index (χ0) is 16.7. The molecule has 1 N–H and O–H groups in total. The number of aliphatic hydroxyl groups excluding tert-OH is 1. The molecule has 4 rings (SSSR count). The molecule has 0 amide bonds. The van der Waals surface area contributed by atoms with E-state index in [1.54, 1.807) is 12.4 Å². The van der Waals surface area contributed by atoms with Crippen LogP contribution < -0.4 is 4.90 Å². The van der Waals surface area contributed by atoms with Crippen LogP contribution in [-0.2, 0) is 0 Å². The van der Waals surface area contributed by atoms with Gasteiger partial charge in [-0.1, -0.05) is 24.3 Å². The van der Waals surface area contributed by atoms with Crippen LogP contribution in [0.25, 0.3) is 10.9 Å². The summed E-state index contributed by atoms with van der Waals surface area (Å²) < 4.78 is 13.7. The lowest BCUT2D eigenvalue weighted by Gasteiger charge is -2.27. The number of hydrogen-bond acceptors (Lipinski definition) is 4. The quantitative estimate of drug-likeness (QED) is 0.785. The Morgan fingerprint density at radius 3 is 2.83 bits per heavy atom. The number of aromatic nitrogens is 2. The maximum absolute atomic E-state index is 13.7. The first-order valence-electron chi connectivity index (χ1n) is 8.04. The second kappa shape index (κ2) is 5.83. The van der Waals surface area contributed by atoms with E-state index < -0.39 is 6.10 Å². The average molecular weight is 323 g/mol. The molecule has 0 saturated carbocycles. The highest BCUT2D eigenvalue weighted by Gasteiger charge is 2.34. The fourth-order valence-electron chi connectivity index (χ4n) is 3.56. The molecule has 122 valence electrons. The van der Waals surface area contributed by atoms with E-state index in [0.29, 0.717) is 13.0 Å². The summed E-state index contributed by atoms with van der Waals surface area (Å²) in [6.07, 6.45) is 1.64. The van der Waals surface area contributed by atoms with Crippen LogP contribution in [0.5, 0.6) is 0 Å². The van der Waals surface area contributed by atoms with Crippen molar-refractivity contribution in [3.8, 4) is 0 Å². The average Bonchev–Trinajstić information content (AvgIpc) is 2.96. The molecular weight excluding hydrogens is 305 g/mol. The molecule has 2 aromatic carbocycles. The Morgan fingerprint density at radius 1 is 1.17 bits per heavy atom. The summed E-state index contributed by atoms with van der Waals surface area (Å²) in [5, 5.41) is 11.2. The highest BCUT2D eigenvalue weighted by atomic mass is 19.1. The number of β-amino-alcohol motifs (C(OH)–C–C–N with tert-alkyl or cyclic N) is 1. The minimum absolute atomic E-state index is 0.103. The van der Waals surface area contributed by atoms with Gasteiger partial charge in [-0.2, -0.15) is 0 Å². The van der Waals surface area contributed by atoms with Crippen LogP contribution in [0.2, 0.25) is 0 Å². The number of rotatable bonds is 2. The number of fused-ring (bicyclic) bond motifs is 1. The Hall–Kier alpha value is -2.53. The van der Waals surface area contributed by atoms with Crippen molar-refractivity contribution in [3.63, 3.8) is 0 Å². The molecule has 4 nitrogen and oxygen atoms in total. The lowest BCUT2D eigenvalue weighted by molar-refractivity contribution is 0.194. The van der Waals surface area contributed by atoms with Gasteiger partial charge < -0.3 is 10.0 Å². The fourth-order valence-corrected chi connectivity index (χ4v) is 3.56. The van der Waals surface area contributed by atoms with E-state index in [-0.39, 0.29) is 11.9 Å². The lowest BCUT2D eigenvalue weighted by atomic mass is 10.0. The number of benzene rings is 2. The minimum atomic E-state index is -0.465. The summed E-state index contributed by atoms with van der Waals surface area (Å²) in [5.74, 6) is 0.529. The molecule has 0 spiro atoms. The summed E-state index contributed by atoms with van der Waals surface area (Å²) in [5.41, 5.74) is 2.81. The van der Waals surface area contributed by atoms with Crippen molar-refractivity contribution in [3.05, 3.63) is 65.7 Å². The number of halogens is 1. The van der Waals surface area contributed by atoms with Crippen LogP contribution in [0, 0.1) is 12.7 Å². The van der Waals surface area contributed by atoms with Crippen LogP contribution >= 0.6 is 0 Å². The molecule has 1 fully saturated rings. The van der Waals surface area contributed by atoms with Gasteiger partial charge in [0.1, 0.15) is 18.0 Å². The summed E-state index contributed by atoms with van der Waals surface area (Å²) in [6.45, 7) is 2.50. The van der Waals surface area contributed by atoms with E-state index in [0.717, 1.165) is 27.8 Å². The van der Waals surface area contributed by atoms with E-state index >= 15 is 0 Å². The number of anilines is 1. The largest absolute Gasteiger partial charge is 0.391 e. The molecule has 1 aromatic heterocycles. The molecule has 2 atom stereocenters. The van der Waals surface area contributed by atoms with Crippen LogP contribution in [0.4, 0.5) is 10.2 Å². The van der Waals surface area contributed by atoms with Gasteiger partial charge in [0.05, 0.1) is 17.7 Å². The zero-order valence-corrected chi connectivity index (χ0v) is 13.4. The second-order valence-electron chi connectivity index (χ2n) is 6.28. The highest BCUT2D eigenvalue weighted by Crippen LogP contribution is 2.38. The van der Waals surface area contributed by atoms with Crippen molar-refractivity contribution in [2.24, 2.45) is 0 Å². The number of aliphatic hydroxyl groups is 1. The van der Waals surface area contributed by atoms with Gasteiger partial charge in [0.2, 0.25) is 0 Å². The molecule has 1 aliphatic rings. The molecule has 1 aliphatic heterocycles. The predicted octanol–water partition coefficient (Wildman–Crippen LogP) is 3.39. The first-order chi connectivity index (χ1) is 11.6. The zero-order valence-electron chi connectivity index (χ0n) is 13.4. The van der Waals surface area contributed by atoms with E-state index in [1.807, 2.05) is 31.2 Å². The predicted molar refractivity (Wildman–Crippen MR) is 91.4 cm³/mol. The van der Waals surface area contributed by atoms with E-state index in [4.69, 9.17) is 0 Å². The van der Waals surface area contributed by atoms with Crippen LogP contribution in [0.1, 0.15) is 23.6 Å². The topological polar surface area (TPSA) is 49.2 Å². The van der Waals surface area contributed by atoms with Gasteiger partial charge in [0.25, 0.3) is 0 Å². The molecule has 1 saturated heterocycles. The number of aryl methyl sites for hydroxylation is 1. The van der Waals surface area contributed by atoms with Crippen LogP contribution in [-0.4, -0.2) is 27.7 Å². The van der Waals surface area contributed by atoms with Gasteiger partial charge in [-0.3, -0.25) is 0 Å². The molecule has 3 aromatic rings. The summed E-state index contributed by atoms with van der Waals surface area (Å²) >= 11 is 0. The van der Waals surface area contributed by atoms with Gasteiger partial charge in [-0.15, -0.1) is 0 Å². The Balaban J connectivity index is 1.85. The molecule has 0 unspecified atom stereocenters. The summed E-state index contributed by atoms with van der Waals surface area (Å²) in [7, 11) is 0. The Morgan fingerprint density at radius 2 is 2.00 bits per heavy atom. The smallest absolute Gasteiger partial charge is 0.140 e. The lowest BCUT2D eigenvalue weighted by Crippen LogP contribution is -2.25. The van der Waals surface area contributed by atoms with Crippen molar-refractivity contribution >= 4 is 16.7 Å². The standard InChI is InChI=1S/C19H18FN3O/c1-12-4-2-7-16-18(12)19(22-11-21-16)23-10-15(24)9-17(23)13-5-3-6-14(20)8-13/h2-8,11,15,17,24H,9-10H2,1H3/t15-,17-/m0/s1. The summed E-state index contributed by atoms with van der Waals surface area (Å²) in [6, 6.07) is 12.4. The van der Waals surface area contributed by atoms with E-state index in [9.17, 15) is 9.50 Å².